The molecule has 2 atom stereocenters. The number of rotatable bonds is 3. The second kappa shape index (κ2) is 6.55. The Balaban J connectivity index is 1.54. The van der Waals surface area contributed by atoms with Gasteiger partial charge >= 0.3 is 0 Å². The molecule has 4 rings (SSSR count). The summed E-state index contributed by atoms with van der Waals surface area (Å²) in [5.41, 5.74) is 0.931. The molecule has 2 aromatic rings. The third kappa shape index (κ3) is 2.84. The zero-order valence-corrected chi connectivity index (χ0v) is 13.6. The van der Waals surface area contributed by atoms with E-state index in [1.807, 2.05) is 17.0 Å². The van der Waals surface area contributed by atoms with Crippen molar-refractivity contribution in [2.75, 3.05) is 6.54 Å². The van der Waals surface area contributed by atoms with Gasteiger partial charge in [-0.25, -0.2) is 4.98 Å². The lowest BCUT2D eigenvalue weighted by atomic mass is 9.93. The number of carbonyl (C=O) groups is 1. The summed E-state index contributed by atoms with van der Waals surface area (Å²) in [6.07, 6.45) is 12.5. The van der Waals surface area contributed by atoms with Crippen molar-refractivity contribution in [3.05, 3.63) is 42.5 Å². The van der Waals surface area contributed by atoms with Gasteiger partial charge in [0, 0.05) is 30.4 Å². The van der Waals surface area contributed by atoms with E-state index in [0.717, 1.165) is 50.0 Å². The fourth-order valence-corrected chi connectivity index (χ4v) is 3.62. The van der Waals surface area contributed by atoms with Crippen molar-refractivity contribution in [1.29, 1.82) is 0 Å². The summed E-state index contributed by atoms with van der Waals surface area (Å²) in [6.45, 7) is 0.814. The number of amides is 1. The monoisotopic (exact) mass is 323 g/mol. The Morgan fingerprint density at radius 2 is 2.08 bits per heavy atom. The first-order valence-electron chi connectivity index (χ1n) is 8.61. The van der Waals surface area contributed by atoms with Gasteiger partial charge in [-0.2, -0.15) is 5.10 Å². The Kier molecular flexibility index (Phi) is 4.11. The summed E-state index contributed by atoms with van der Waals surface area (Å²) in [6, 6.07) is 3.80. The zero-order valence-electron chi connectivity index (χ0n) is 13.6. The van der Waals surface area contributed by atoms with Crippen LogP contribution in [0.1, 0.15) is 44.0 Å². The molecule has 1 aliphatic carbocycles. The number of allylic oxidation sites excluding steroid dienone is 2. The highest BCUT2D eigenvalue weighted by atomic mass is 16.2. The highest BCUT2D eigenvalue weighted by molar-refractivity contribution is 5.80. The van der Waals surface area contributed by atoms with Crippen LogP contribution in [0.3, 0.4) is 0 Å². The molecule has 0 unspecified atom stereocenters. The number of H-pyrrole nitrogens is 1. The molecule has 6 nitrogen and oxygen atoms in total. The molecule has 0 saturated carbocycles. The van der Waals surface area contributed by atoms with Crippen LogP contribution >= 0.6 is 0 Å². The molecule has 1 amide bonds. The topological polar surface area (TPSA) is 74.8 Å². The number of nitrogens with one attached hydrogen (secondary N) is 1. The molecule has 0 spiro atoms. The van der Waals surface area contributed by atoms with E-state index in [9.17, 15) is 4.79 Å². The van der Waals surface area contributed by atoms with Crippen molar-refractivity contribution in [2.45, 2.75) is 38.1 Å². The Hall–Kier alpha value is -2.50. The molecule has 124 valence electrons. The van der Waals surface area contributed by atoms with Crippen molar-refractivity contribution in [2.24, 2.45) is 5.92 Å². The van der Waals surface area contributed by atoms with Gasteiger partial charge in [-0.1, -0.05) is 12.2 Å². The number of pyridine rings is 1. The molecule has 1 N–H and O–H groups in total. The largest absolute Gasteiger partial charge is 0.332 e. The fourth-order valence-electron chi connectivity index (χ4n) is 3.62. The van der Waals surface area contributed by atoms with E-state index in [-0.39, 0.29) is 17.9 Å². The van der Waals surface area contributed by atoms with E-state index in [2.05, 4.69) is 32.3 Å². The average molecular weight is 323 g/mol. The molecule has 0 aromatic carbocycles. The van der Waals surface area contributed by atoms with Crippen LogP contribution in [0.5, 0.6) is 0 Å². The number of likely N-dealkylation sites (tertiary alicyclic amines) is 1. The van der Waals surface area contributed by atoms with E-state index in [0.29, 0.717) is 5.82 Å². The van der Waals surface area contributed by atoms with Crippen LogP contribution in [0, 0.1) is 5.92 Å². The highest BCUT2D eigenvalue weighted by Crippen LogP contribution is 2.33. The standard InChI is InChI=1S/C18H21N5O/c24-18(14-5-2-1-3-6-14)23-12-4-7-15(23)17-20-16(21-22-17)13-8-10-19-11-9-13/h1-2,8-11,14-15H,3-7,12H2,(H,20,21,22)/t14-,15+/m1/s1. The molecular formula is C18H21N5O. The molecule has 6 heteroatoms. The van der Waals surface area contributed by atoms with Crippen LogP contribution in [0.15, 0.2) is 36.7 Å². The van der Waals surface area contributed by atoms with Crippen LogP contribution in [0.4, 0.5) is 0 Å². The Bertz CT molecular complexity index is 739. The summed E-state index contributed by atoms with van der Waals surface area (Å²) >= 11 is 0. The maximum absolute atomic E-state index is 12.9. The van der Waals surface area contributed by atoms with Crippen molar-refractivity contribution in [3.8, 4) is 11.4 Å². The number of hydrogen-bond acceptors (Lipinski definition) is 4. The Labute approximate surface area is 141 Å². The molecular weight excluding hydrogens is 302 g/mol. The summed E-state index contributed by atoms with van der Waals surface area (Å²) in [5, 5.41) is 7.37. The van der Waals surface area contributed by atoms with Crippen LogP contribution < -0.4 is 0 Å². The normalized spacial score (nSPS) is 23.6. The van der Waals surface area contributed by atoms with Gasteiger partial charge in [-0.3, -0.25) is 14.9 Å². The average Bonchev–Trinajstić information content (AvgIpc) is 3.32. The fraction of sp³-hybridized carbons (Fsp3) is 0.444. The number of aromatic nitrogens is 4. The molecule has 1 fully saturated rings. The molecule has 1 saturated heterocycles. The van der Waals surface area contributed by atoms with E-state index in [1.54, 1.807) is 12.4 Å². The lowest BCUT2D eigenvalue weighted by Crippen LogP contribution is -2.36. The van der Waals surface area contributed by atoms with Crippen LogP contribution in [0.2, 0.25) is 0 Å². The third-order valence-corrected chi connectivity index (χ3v) is 4.91. The van der Waals surface area contributed by atoms with Gasteiger partial charge in [0.05, 0.1) is 6.04 Å². The van der Waals surface area contributed by atoms with Crippen molar-refractivity contribution < 1.29 is 4.79 Å². The second-order valence-corrected chi connectivity index (χ2v) is 6.45. The first-order valence-corrected chi connectivity index (χ1v) is 8.61. The summed E-state index contributed by atoms with van der Waals surface area (Å²) in [4.78, 5) is 23.5. The maximum atomic E-state index is 12.9. The minimum absolute atomic E-state index is 0.0199. The van der Waals surface area contributed by atoms with Crippen molar-refractivity contribution in [1.82, 2.24) is 25.1 Å². The zero-order chi connectivity index (χ0) is 16.4. The molecule has 0 radical (unpaired) electrons. The SMILES string of the molecule is O=C([C@@H]1CC=CCC1)N1CCC[C@H]1c1nc(-c2ccncc2)n[nH]1. The number of nitrogens with zero attached hydrogens (tertiary/aromatic N) is 4. The second-order valence-electron chi connectivity index (χ2n) is 6.45. The van der Waals surface area contributed by atoms with Gasteiger partial charge in [-0.05, 0) is 44.2 Å². The summed E-state index contributed by atoms with van der Waals surface area (Å²) < 4.78 is 0. The van der Waals surface area contributed by atoms with Crippen LogP contribution in [0.25, 0.3) is 11.4 Å². The lowest BCUT2D eigenvalue weighted by Gasteiger charge is -2.28. The van der Waals surface area contributed by atoms with Gasteiger partial charge in [-0.15, -0.1) is 0 Å². The van der Waals surface area contributed by atoms with E-state index in [1.165, 1.54) is 0 Å². The van der Waals surface area contributed by atoms with Gasteiger partial charge in [0.15, 0.2) is 5.82 Å². The molecule has 2 aliphatic rings. The Morgan fingerprint density at radius 1 is 1.21 bits per heavy atom. The van der Waals surface area contributed by atoms with Gasteiger partial charge in [0.25, 0.3) is 0 Å². The predicted octanol–water partition coefficient (Wildman–Crippen LogP) is 2.89. The summed E-state index contributed by atoms with van der Waals surface area (Å²) in [7, 11) is 0. The summed E-state index contributed by atoms with van der Waals surface area (Å²) in [5.74, 6) is 1.84. The third-order valence-electron chi connectivity index (χ3n) is 4.91. The predicted molar refractivity (Wildman–Crippen MR) is 89.8 cm³/mol. The Morgan fingerprint density at radius 3 is 2.88 bits per heavy atom. The van der Waals surface area contributed by atoms with Crippen molar-refractivity contribution in [3.63, 3.8) is 0 Å². The van der Waals surface area contributed by atoms with Crippen LogP contribution in [-0.2, 0) is 4.79 Å². The molecule has 1 aliphatic heterocycles. The maximum Gasteiger partial charge on any atom is 0.226 e. The number of aromatic amines is 1. The first-order chi connectivity index (χ1) is 11.8. The highest BCUT2D eigenvalue weighted by Gasteiger charge is 2.35. The van der Waals surface area contributed by atoms with Gasteiger partial charge in [0.1, 0.15) is 5.82 Å². The molecule has 24 heavy (non-hydrogen) atoms. The van der Waals surface area contributed by atoms with Crippen molar-refractivity contribution >= 4 is 5.91 Å². The smallest absolute Gasteiger partial charge is 0.226 e. The quantitative estimate of drug-likeness (QED) is 0.881. The molecule has 2 aromatic heterocycles. The number of carbonyl (C=O) groups excluding carboxylic acids is 1. The van der Waals surface area contributed by atoms with E-state index in [4.69, 9.17) is 0 Å². The lowest BCUT2D eigenvalue weighted by molar-refractivity contribution is -0.136. The van der Waals surface area contributed by atoms with Crippen LogP contribution in [-0.4, -0.2) is 37.5 Å². The van der Waals surface area contributed by atoms with Gasteiger partial charge < -0.3 is 4.90 Å². The van der Waals surface area contributed by atoms with E-state index >= 15 is 0 Å². The molecule has 3 heterocycles. The molecule has 0 bridgehead atoms. The first kappa shape index (κ1) is 15.1. The minimum Gasteiger partial charge on any atom is -0.332 e. The minimum atomic E-state index is 0.0199. The van der Waals surface area contributed by atoms with E-state index < -0.39 is 0 Å². The van der Waals surface area contributed by atoms with Gasteiger partial charge in [0.2, 0.25) is 5.91 Å². The number of hydrogen-bond donors (Lipinski definition) is 1.